The first kappa shape index (κ1) is 26.9. The fraction of sp³-hybridized carbons (Fsp3) is 0.333. The van der Waals surface area contributed by atoms with E-state index in [0.29, 0.717) is 28.9 Å². The van der Waals surface area contributed by atoms with E-state index in [1.165, 1.54) is 5.57 Å². The molecule has 1 atom stereocenters. The van der Waals surface area contributed by atoms with Gasteiger partial charge in [-0.2, -0.15) is 0 Å². The third-order valence-electron chi connectivity index (χ3n) is 7.39. The molecule has 8 nitrogen and oxygen atoms in total. The maximum Gasteiger partial charge on any atom is 0.335 e. The second kappa shape index (κ2) is 11.7. The summed E-state index contributed by atoms with van der Waals surface area (Å²) < 4.78 is 19.6. The molecule has 1 N–H and O–H groups in total. The Morgan fingerprint density at radius 2 is 1.98 bits per heavy atom. The Labute approximate surface area is 241 Å². The van der Waals surface area contributed by atoms with Crippen molar-refractivity contribution in [2.75, 3.05) is 19.7 Å². The first-order valence-electron chi connectivity index (χ1n) is 13.3. The molecule has 0 spiro atoms. The Hall–Kier alpha value is -3.30. The predicted octanol–water partition coefficient (Wildman–Crippen LogP) is 6.38. The molecule has 1 saturated heterocycles. The van der Waals surface area contributed by atoms with Crippen LogP contribution in [-0.2, 0) is 30.9 Å². The first-order chi connectivity index (χ1) is 19.4. The van der Waals surface area contributed by atoms with Crippen LogP contribution in [0.3, 0.4) is 0 Å². The van der Waals surface area contributed by atoms with Gasteiger partial charge in [-0.15, -0.1) is 0 Å². The number of ether oxygens (including phenoxy) is 2. The van der Waals surface area contributed by atoms with Gasteiger partial charge in [0.05, 0.1) is 40.8 Å². The third-order valence-corrected chi connectivity index (χ3v) is 7.92. The maximum atomic E-state index is 11.6. The number of halogens is 2. The summed E-state index contributed by atoms with van der Waals surface area (Å²) in [5.74, 6) is 2.19. The SMILES string of the molecule is O=C(O)c1ccc2nc(CN3CC=C(Cc4ccc(COc5ccc(Cl)cc5Cl)o4)CC3)n(C[C@@H]3CCO3)c2c1. The molecule has 4 heterocycles. The average molecular weight is 582 g/mol. The molecule has 10 heteroatoms. The monoisotopic (exact) mass is 581 g/mol. The van der Waals surface area contributed by atoms with Crippen LogP contribution in [0.2, 0.25) is 10.0 Å². The Balaban J connectivity index is 1.08. The van der Waals surface area contributed by atoms with E-state index in [9.17, 15) is 9.90 Å². The van der Waals surface area contributed by atoms with Crippen LogP contribution in [0.25, 0.3) is 11.0 Å². The number of hydrogen-bond donors (Lipinski definition) is 1. The number of aromatic nitrogens is 2. The number of aromatic carboxylic acids is 1. The fourth-order valence-corrected chi connectivity index (χ4v) is 5.54. The number of furan rings is 1. The lowest BCUT2D eigenvalue weighted by Gasteiger charge is -2.29. The lowest BCUT2D eigenvalue weighted by molar-refractivity contribution is -0.0591. The minimum atomic E-state index is -0.938. The number of nitrogens with zero attached hydrogens (tertiary/aromatic N) is 3. The summed E-state index contributed by atoms with van der Waals surface area (Å²) in [5.41, 5.74) is 3.25. The van der Waals surface area contributed by atoms with Gasteiger partial charge in [-0.05, 0) is 61.4 Å². The lowest BCUT2D eigenvalue weighted by Crippen LogP contribution is -2.34. The topological polar surface area (TPSA) is 90.0 Å². The summed E-state index contributed by atoms with van der Waals surface area (Å²) in [6.45, 7) is 4.13. The molecule has 0 aliphatic carbocycles. The molecule has 0 unspecified atom stereocenters. The van der Waals surface area contributed by atoms with Crippen LogP contribution in [-0.4, -0.2) is 51.3 Å². The summed E-state index contributed by atoms with van der Waals surface area (Å²) >= 11 is 12.1. The van der Waals surface area contributed by atoms with Gasteiger partial charge >= 0.3 is 5.97 Å². The number of rotatable bonds is 10. The van der Waals surface area contributed by atoms with Crippen LogP contribution in [0.4, 0.5) is 0 Å². The molecule has 6 rings (SSSR count). The zero-order valence-corrected chi connectivity index (χ0v) is 23.3. The molecular weight excluding hydrogens is 553 g/mol. The highest BCUT2D eigenvalue weighted by Crippen LogP contribution is 2.29. The molecule has 40 heavy (non-hydrogen) atoms. The van der Waals surface area contributed by atoms with Gasteiger partial charge in [-0.3, -0.25) is 4.90 Å². The quantitative estimate of drug-likeness (QED) is 0.217. The van der Waals surface area contributed by atoms with E-state index in [1.807, 2.05) is 12.1 Å². The highest BCUT2D eigenvalue weighted by atomic mass is 35.5. The summed E-state index contributed by atoms with van der Waals surface area (Å²) in [7, 11) is 0. The second-order valence-corrected chi connectivity index (χ2v) is 11.0. The van der Waals surface area contributed by atoms with E-state index in [0.717, 1.165) is 67.3 Å². The molecule has 2 aliphatic heterocycles. The van der Waals surface area contributed by atoms with Gasteiger partial charge in [0.25, 0.3) is 0 Å². The molecule has 0 amide bonds. The number of carboxylic acid groups (broad SMARTS) is 1. The average Bonchev–Trinajstić information content (AvgIpc) is 3.50. The van der Waals surface area contributed by atoms with Crippen molar-refractivity contribution in [3.05, 3.63) is 93.1 Å². The van der Waals surface area contributed by atoms with Crippen molar-refractivity contribution < 1.29 is 23.8 Å². The summed E-state index contributed by atoms with van der Waals surface area (Å²) in [6, 6.07) is 14.2. The van der Waals surface area contributed by atoms with Crippen LogP contribution in [0, 0.1) is 0 Å². The maximum absolute atomic E-state index is 11.6. The Kier molecular flexibility index (Phi) is 7.85. The van der Waals surface area contributed by atoms with Crippen LogP contribution in [0.5, 0.6) is 5.75 Å². The number of hydrogen-bond acceptors (Lipinski definition) is 6. The summed E-state index contributed by atoms with van der Waals surface area (Å²) in [4.78, 5) is 18.8. The molecule has 0 radical (unpaired) electrons. The molecule has 4 aromatic rings. The third kappa shape index (κ3) is 6.05. The van der Waals surface area contributed by atoms with Crippen molar-refractivity contribution in [2.24, 2.45) is 0 Å². The Morgan fingerprint density at radius 3 is 2.70 bits per heavy atom. The molecule has 2 aliphatic rings. The van der Waals surface area contributed by atoms with Gasteiger partial charge in [0.2, 0.25) is 0 Å². The van der Waals surface area contributed by atoms with E-state index in [1.54, 1.807) is 36.4 Å². The molecule has 2 aromatic carbocycles. The molecule has 0 bridgehead atoms. The largest absolute Gasteiger partial charge is 0.484 e. The van der Waals surface area contributed by atoms with E-state index in [-0.39, 0.29) is 18.3 Å². The van der Waals surface area contributed by atoms with E-state index in [4.69, 9.17) is 42.1 Å². The number of carboxylic acids is 1. The summed E-state index contributed by atoms with van der Waals surface area (Å²) in [5, 5.41) is 10.5. The zero-order valence-electron chi connectivity index (χ0n) is 21.8. The molecule has 0 saturated carbocycles. The summed E-state index contributed by atoms with van der Waals surface area (Å²) in [6.07, 6.45) is 5.10. The van der Waals surface area contributed by atoms with Crippen molar-refractivity contribution in [3.63, 3.8) is 0 Å². The first-order valence-corrected chi connectivity index (χ1v) is 14.1. The van der Waals surface area contributed by atoms with E-state index >= 15 is 0 Å². The van der Waals surface area contributed by atoms with Gasteiger partial charge in [0.15, 0.2) is 0 Å². The van der Waals surface area contributed by atoms with Gasteiger partial charge in [0.1, 0.15) is 29.7 Å². The van der Waals surface area contributed by atoms with Crippen molar-refractivity contribution in [3.8, 4) is 5.75 Å². The predicted molar refractivity (Wildman–Crippen MR) is 152 cm³/mol. The standard InChI is InChI=1S/C30H29Cl2N3O5/c31-21-2-6-28(25(32)15-21)39-18-24-4-3-22(40-24)13-19-7-10-34(11-8-19)17-29-33-26-5-1-20(30(36)37)14-27(26)35(29)16-23-9-12-38-23/h1-7,14-15,23H,8-13,16-18H2,(H,36,37)/t23-/m0/s1. The van der Waals surface area contributed by atoms with Crippen LogP contribution in [0.15, 0.2) is 64.6 Å². The molecule has 1 fully saturated rings. The fourth-order valence-electron chi connectivity index (χ4n) is 5.08. The smallest absolute Gasteiger partial charge is 0.335 e. The highest BCUT2D eigenvalue weighted by Gasteiger charge is 2.24. The van der Waals surface area contributed by atoms with Gasteiger partial charge in [0, 0.05) is 31.1 Å². The van der Waals surface area contributed by atoms with Crippen LogP contribution in [0.1, 0.15) is 40.5 Å². The van der Waals surface area contributed by atoms with Gasteiger partial charge in [-0.25, -0.2) is 9.78 Å². The molecular formula is C30H29Cl2N3O5. The van der Waals surface area contributed by atoms with Crippen LogP contribution >= 0.6 is 23.2 Å². The number of imidazole rings is 1. The highest BCUT2D eigenvalue weighted by molar-refractivity contribution is 6.35. The minimum Gasteiger partial charge on any atom is -0.484 e. The van der Waals surface area contributed by atoms with Crippen molar-refractivity contribution in [2.45, 2.75) is 45.1 Å². The zero-order chi connectivity index (χ0) is 27.6. The molecule has 2 aromatic heterocycles. The molecule has 208 valence electrons. The van der Waals surface area contributed by atoms with Gasteiger partial charge < -0.3 is 23.6 Å². The van der Waals surface area contributed by atoms with Crippen molar-refractivity contribution in [1.82, 2.24) is 14.5 Å². The minimum absolute atomic E-state index is 0.143. The second-order valence-electron chi connectivity index (χ2n) is 10.2. The van der Waals surface area contributed by atoms with Crippen molar-refractivity contribution >= 4 is 40.2 Å². The number of benzene rings is 2. The normalized spacial score (nSPS) is 17.6. The Morgan fingerprint density at radius 1 is 1.12 bits per heavy atom. The van der Waals surface area contributed by atoms with Gasteiger partial charge in [-0.1, -0.05) is 34.9 Å². The van der Waals surface area contributed by atoms with Crippen molar-refractivity contribution in [1.29, 1.82) is 0 Å². The van der Waals surface area contributed by atoms with E-state index < -0.39 is 5.97 Å². The Bertz CT molecular complexity index is 1570. The number of carbonyl (C=O) groups is 1. The lowest BCUT2D eigenvalue weighted by atomic mass is 10.0. The number of fused-ring (bicyclic) bond motifs is 1. The van der Waals surface area contributed by atoms with Crippen LogP contribution < -0.4 is 4.74 Å². The van der Waals surface area contributed by atoms with E-state index in [2.05, 4.69) is 15.5 Å².